The summed E-state index contributed by atoms with van der Waals surface area (Å²) in [5, 5.41) is 13.7. The average molecular weight is 657 g/mol. The highest BCUT2D eigenvalue weighted by Crippen LogP contribution is 2.34. The Hall–Kier alpha value is -4.12. The van der Waals surface area contributed by atoms with Gasteiger partial charge in [0.1, 0.15) is 22.1 Å². The van der Waals surface area contributed by atoms with E-state index < -0.39 is 17.7 Å². The third kappa shape index (κ3) is 7.63. The van der Waals surface area contributed by atoms with Crippen molar-refractivity contribution in [2.75, 3.05) is 44.8 Å². The lowest BCUT2D eigenvalue weighted by atomic mass is 9.93. The van der Waals surface area contributed by atoms with Gasteiger partial charge in [-0.05, 0) is 44.7 Å². The van der Waals surface area contributed by atoms with Gasteiger partial charge in [0.25, 0.3) is 5.91 Å². The molecule has 244 valence electrons. The van der Waals surface area contributed by atoms with E-state index in [0.717, 1.165) is 37.8 Å². The number of pyridine rings is 1. The Morgan fingerprint density at radius 3 is 2.67 bits per heavy atom. The number of hydrogen-bond donors (Lipinski definition) is 1. The van der Waals surface area contributed by atoms with Crippen LogP contribution in [0.15, 0.2) is 36.1 Å². The summed E-state index contributed by atoms with van der Waals surface area (Å²) in [7, 11) is 0. The van der Waals surface area contributed by atoms with E-state index in [4.69, 9.17) is 14.2 Å². The highest BCUT2D eigenvalue weighted by atomic mass is 32.1. The Kier molecular flexibility index (Phi) is 10.1. The van der Waals surface area contributed by atoms with Crippen molar-refractivity contribution in [3.63, 3.8) is 0 Å². The summed E-state index contributed by atoms with van der Waals surface area (Å²) in [6.45, 7) is 5.27. The van der Waals surface area contributed by atoms with Crippen LogP contribution >= 0.6 is 11.3 Å². The first kappa shape index (κ1) is 31.8. The summed E-state index contributed by atoms with van der Waals surface area (Å²) in [6, 6.07) is 1.91. The molecule has 2 fully saturated rings. The summed E-state index contributed by atoms with van der Waals surface area (Å²) < 4.78 is 48.4. The van der Waals surface area contributed by atoms with Gasteiger partial charge in [0, 0.05) is 43.0 Å². The third-order valence-electron chi connectivity index (χ3n) is 7.87. The number of ether oxygens (including phenoxy) is 3. The monoisotopic (exact) mass is 656 g/mol. The number of nitrogens with zero attached hydrogens (tertiary/aromatic N) is 7. The molecule has 0 atom stereocenters. The Morgan fingerprint density at radius 2 is 1.89 bits per heavy atom. The first-order valence-corrected chi connectivity index (χ1v) is 16.0. The zero-order chi connectivity index (χ0) is 32.0. The maximum absolute atomic E-state index is 14.8. The van der Waals surface area contributed by atoms with E-state index >= 15 is 0 Å². The van der Waals surface area contributed by atoms with Crippen molar-refractivity contribution in [3.8, 4) is 22.0 Å². The van der Waals surface area contributed by atoms with Crippen molar-refractivity contribution >= 4 is 28.9 Å². The highest BCUT2D eigenvalue weighted by molar-refractivity contribution is 7.13. The van der Waals surface area contributed by atoms with Gasteiger partial charge in [-0.1, -0.05) is 0 Å². The van der Waals surface area contributed by atoms with Crippen LogP contribution in [-0.2, 0) is 25.7 Å². The lowest BCUT2D eigenvalue weighted by Crippen LogP contribution is -2.40. The second kappa shape index (κ2) is 14.5. The molecule has 5 heterocycles. The maximum atomic E-state index is 14.8. The number of esters is 1. The van der Waals surface area contributed by atoms with Crippen molar-refractivity contribution in [1.29, 1.82) is 0 Å². The lowest BCUT2D eigenvalue weighted by Gasteiger charge is -2.28. The molecule has 1 aliphatic heterocycles. The second-order valence-electron chi connectivity index (χ2n) is 11.0. The number of carbonyl (C=O) groups excluding carboxylic acids is 2. The van der Waals surface area contributed by atoms with Gasteiger partial charge < -0.3 is 19.5 Å². The molecule has 1 amide bonds. The number of nitrogens with one attached hydrogen (secondary N) is 1. The van der Waals surface area contributed by atoms with E-state index in [1.54, 1.807) is 28.7 Å². The fraction of sp³-hybridized carbons (Fsp3) is 0.467. The minimum absolute atomic E-state index is 0.00113. The lowest BCUT2D eigenvalue weighted by molar-refractivity contribution is -0.150. The van der Waals surface area contributed by atoms with Gasteiger partial charge in [0.15, 0.2) is 12.5 Å². The number of aromatic nitrogens is 6. The standard InChI is InChI=1S/C30H34F2N8O5S/c1-2-44-21-5-3-20(4-6-21)40-15-23(28(37-40)27-22(31)7-8-25(32)36-27)34-29(42)24-17-46-30(35-24)19-13-33-39(14-19)18-45-26(41)16-38-9-11-43-12-10-38/h7-8,13-15,17,20-21H,2-6,9-12,16,18H2,1H3,(H,34,42)/t20-,21-. The predicted molar refractivity (Wildman–Crippen MR) is 163 cm³/mol. The van der Waals surface area contributed by atoms with Crippen LogP contribution in [0.3, 0.4) is 0 Å². The molecule has 46 heavy (non-hydrogen) atoms. The molecular formula is C30H34F2N8O5S. The largest absolute Gasteiger partial charge is 0.441 e. The third-order valence-corrected chi connectivity index (χ3v) is 8.76. The number of rotatable bonds is 11. The van der Waals surface area contributed by atoms with Gasteiger partial charge in [-0.3, -0.25) is 19.2 Å². The molecule has 1 saturated heterocycles. The van der Waals surface area contributed by atoms with Crippen LogP contribution < -0.4 is 5.32 Å². The quantitative estimate of drug-likeness (QED) is 0.185. The molecule has 0 unspecified atom stereocenters. The van der Waals surface area contributed by atoms with Gasteiger partial charge in [-0.2, -0.15) is 14.6 Å². The van der Waals surface area contributed by atoms with Crippen LogP contribution in [-0.4, -0.2) is 91.9 Å². The van der Waals surface area contributed by atoms with E-state index in [1.165, 1.54) is 16.0 Å². The number of halogens is 2. The molecule has 0 bridgehead atoms. The molecule has 2 aliphatic rings. The molecule has 4 aromatic rings. The minimum Gasteiger partial charge on any atom is -0.441 e. The Morgan fingerprint density at radius 1 is 1.09 bits per heavy atom. The zero-order valence-corrected chi connectivity index (χ0v) is 26.0. The van der Waals surface area contributed by atoms with E-state index in [-0.39, 0.29) is 54.2 Å². The molecule has 1 N–H and O–H groups in total. The molecule has 4 aromatic heterocycles. The van der Waals surface area contributed by atoms with Crippen LogP contribution in [0.25, 0.3) is 22.0 Å². The number of carbonyl (C=O) groups is 2. The summed E-state index contributed by atoms with van der Waals surface area (Å²) in [5.74, 6) is -2.54. The molecule has 1 aliphatic carbocycles. The molecular weight excluding hydrogens is 622 g/mol. The maximum Gasteiger partial charge on any atom is 0.321 e. The number of amides is 1. The predicted octanol–water partition coefficient (Wildman–Crippen LogP) is 4.15. The molecule has 1 saturated carbocycles. The topological polar surface area (TPSA) is 139 Å². The summed E-state index contributed by atoms with van der Waals surface area (Å²) >= 11 is 1.23. The highest BCUT2D eigenvalue weighted by Gasteiger charge is 2.27. The normalized spacial score (nSPS) is 18.8. The fourth-order valence-electron chi connectivity index (χ4n) is 5.51. The molecule has 0 spiro atoms. The molecule has 6 rings (SSSR count). The fourth-order valence-corrected chi connectivity index (χ4v) is 6.28. The molecule has 0 aromatic carbocycles. The van der Waals surface area contributed by atoms with Crippen LogP contribution in [0.5, 0.6) is 0 Å². The van der Waals surface area contributed by atoms with E-state index in [9.17, 15) is 18.4 Å². The van der Waals surface area contributed by atoms with Gasteiger partial charge in [0.05, 0.1) is 43.8 Å². The SMILES string of the molecule is CCO[C@H]1CC[C@H](n2cc(NC(=O)c3csc(-c4cnn(COC(=O)CN5CCOCC5)c4)n3)c(-c3nc(F)ccc3F)n2)CC1. The van der Waals surface area contributed by atoms with E-state index in [2.05, 4.69) is 25.5 Å². The van der Waals surface area contributed by atoms with Crippen molar-refractivity contribution < 1.29 is 32.6 Å². The van der Waals surface area contributed by atoms with Crippen LogP contribution in [0, 0.1) is 11.8 Å². The van der Waals surface area contributed by atoms with Gasteiger partial charge in [-0.25, -0.2) is 19.0 Å². The Bertz CT molecular complexity index is 1660. The van der Waals surface area contributed by atoms with Crippen LogP contribution in [0.1, 0.15) is 49.1 Å². The second-order valence-corrected chi connectivity index (χ2v) is 11.9. The number of morpholine rings is 1. The molecule has 16 heteroatoms. The average Bonchev–Trinajstić information content (AvgIpc) is 3.83. The molecule has 13 nitrogen and oxygen atoms in total. The zero-order valence-electron chi connectivity index (χ0n) is 25.2. The minimum atomic E-state index is -0.864. The van der Waals surface area contributed by atoms with Crippen LogP contribution in [0.4, 0.5) is 14.5 Å². The number of anilines is 1. The van der Waals surface area contributed by atoms with Crippen molar-refractivity contribution in [1.82, 2.24) is 34.4 Å². The summed E-state index contributed by atoms with van der Waals surface area (Å²) in [5.41, 5.74) is 0.671. The van der Waals surface area contributed by atoms with E-state index in [0.29, 0.717) is 43.5 Å². The van der Waals surface area contributed by atoms with Crippen molar-refractivity contribution in [2.24, 2.45) is 0 Å². The smallest absolute Gasteiger partial charge is 0.321 e. The first-order chi connectivity index (χ1) is 22.4. The molecule has 0 radical (unpaired) electrons. The van der Waals surface area contributed by atoms with Crippen molar-refractivity contribution in [3.05, 3.63) is 53.6 Å². The Labute approximate surface area is 267 Å². The van der Waals surface area contributed by atoms with Gasteiger partial charge in [0.2, 0.25) is 5.95 Å². The van der Waals surface area contributed by atoms with Crippen molar-refractivity contribution in [2.45, 2.75) is 51.5 Å². The summed E-state index contributed by atoms with van der Waals surface area (Å²) in [4.78, 5) is 35.7. The number of thiazole rings is 1. The van der Waals surface area contributed by atoms with Gasteiger partial charge >= 0.3 is 5.97 Å². The Balaban J connectivity index is 1.13. The van der Waals surface area contributed by atoms with E-state index in [1.807, 2.05) is 11.8 Å². The summed E-state index contributed by atoms with van der Waals surface area (Å²) in [6.07, 6.45) is 8.30. The van der Waals surface area contributed by atoms with Crippen LogP contribution in [0.2, 0.25) is 0 Å². The first-order valence-electron chi connectivity index (χ1n) is 15.1. The van der Waals surface area contributed by atoms with Gasteiger partial charge in [-0.15, -0.1) is 11.3 Å². The number of hydrogen-bond acceptors (Lipinski definition) is 11.